The summed E-state index contributed by atoms with van der Waals surface area (Å²) in [4.78, 5) is 26.5. The van der Waals surface area contributed by atoms with Gasteiger partial charge in [-0.2, -0.15) is 0 Å². The summed E-state index contributed by atoms with van der Waals surface area (Å²) in [6.07, 6.45) is 17.2. The zero-order valence-corrected chi connectivity index (χ0v) is 35.4. The van der Waals surface area contributed by atoms with Gasteiger partial charge in [0.1, 0.15) is 17.6 Å². The Morgan fingerprint density at radius 2 is 1.51 bits per heavy atom. The highest BCUT2D eigenvalue weighted by atomic mass is 16.5. The van der Waals surface area contributed by atoms with E-state index < -0.39 is 5.97 Å². The van der Waals surface area contributed by atoms with E-state index in [-0.39, 0.29) is 22.9 Å². The van der Waals surface area contributed by atoms with Gasteiger partial charge in [-0.3, -0.25) is 0 Å². The second-order valence-corrected chi connectivity index (χ2v) is 19.8. The van der Waals surface area contributed by atoms with Crippen LogP contribution in [0, 0.1) is 51.8 Å². The summed E-state index contributed by atoms with van der Waals surface area (Å²) in [5.41, 5.74) is 3.18. The number of carbonyl (C=O) groups excluding carboxylic acids is 2. The molecule has 8 atom stereocenters. The van der Waals surface area contributed by atoms with Gasteiger partial charge in [-0.15, -0.1) is 0 Å². The molecule has 0 amide bonds. The fraction of sp³-hybridized carbons (Fsp3) is 0.608. The molecule has 4 aliphatic carbocycles. The van der Waals surface area contributed by atoms with Crippen LogP contribution < -0.4 is 9.47 Å². The van der Waals surface area contributed by atoms with Gasteiger partial charge in [0, 0.05) is 6.42 Å². The number of allylic oxidation sites excluding steroid dienone is 1. The van der Waals surface area contributed by atoms with Gasteiger partial charge in [0.05, 0.1) is 36.4 Å². The fourth-order valence-electron chi connectivity index (χ4n) is 12.3. The number of ether oxygens (including phenoxy) is 4. The van der Waals surface area contributed by atoms with Crippen molar-refractivity contribution < 1.29 is 28.5 Å². The smallest absolute Gasteiger partial charge is 0.343 e. The van der Waals surface area contributed by atoms with Crippen LogP contribution in [-0.2, 0) is 9.47 Å². The minimum absolute atomic E-state index is 0.115. The van der Waals surface area contributed by atoms with E-state index in [0.717, 1.165) is 90.9 Å². The second kappa shape index (κ2) is 16.2. The molecular formula is C51H66O6. The third-order valence-electron chi connectivity index (χ3n) is 16.0. The zero-order valence-electron chi connectivity index (χ0n) is 35.4. The third-order valence-corrected chi connectivity index (χ3v) is 16.0. The van der Waals surface area contributed by atoms with Gasteiger partial charge in [0.25, 0.3) is 0 Å². The largest absolute Gasteiger partial charge is 0.493 e. The van der Waals surface area contributed by atoms with Crippen LogP contribution in [0.25, 0.3) is 10.8 Å². The number of fused-ring (bicyclic) bond motifs is 6. The van der Waals surface area contributed by atoms with Crippen LogP contribution in [0.2, 0.25) is 0 Å². The highest BCUT2D eigenvalue weighted by Gasteiger charge is 2.59. The normalized spacial score (nSPS) is 30.6. The Bertz CT molecular complexity index is 1950. The number of rotatable bonds is 13. The van der Waals surface area contributed by atoms with E-state index in [2.05, 4.69) is 47.6 Å². The van der Waals surface area contributed by atoms with E-state index in [1.165, 1.54) is 56.9 Å². The van der Waals surface area contributed by atoms with Crippen molar-refractivity contribution in [2.24, 2.45) is 51.8 Å². The molecule has 0 N–H and O–H groups in total. The molecule has 1 saturated heterocycles. The highest BCUT2D eigenvalue weighted by Crippen LogP contribution is 2.67. The van der Waals surface area contributed by atoms with Crippen LogP contribution in [-0.4, -0.2) is 37.9 Å². The van der Waals surface area contributed by atoms with E-state index in [9.17, 15) is 9.59 Å². The lowest BCUT2D eigenvalue weighted by Gasteiger charge is -2.58. The molecule has 4 fully saturated rings. The van der Waals surface area contributed by atoms with Gasteiger partial charge >= 0.3 is 11.9 Å². The molecule has 0 bridgehead atoms. The molecule has 1 aliphatic heterocycles. The first-order valence-electron chi connectivity index (χ1n) is 22.4. The van der Waals surface area contributed by atoms with E-state index in [4.69, 9.17) is 18.9 Å². The maximum atomic E-state index is 13.4. The fourth-order valence-corrected chi connectivity index (χ4v) is 12.3. The van der Waals surface area contributed by atoms with E-state index >= 15 is 0 Å². The maximum absolute atomic E-state index is 13.4. The SMILES string of the molecule is CCC1(COc2ccc3cc(OC(=O)c4ccc(C(=O)OC5CCC6(C)C(=CCC7C6CCC6(C)C(C(C)CCCC(C)C)CCC76)C5)cc4)ccc3c2)COC1. The number of benzene rings is 3. The van der Waals surface area contributed by atoms with E-state index in [1.54, 1.807) is 30.3 Å². The molecule has 6 nitrogen and oxygen atoms in total. The molecule has 306 valence electrons. The summed E-state index contributed by atoms with van der Waals surface area (Å²) in [5.74, 6) is 5.36. The number of carbonyl (C=O) groups is 2. The van der Waals surface area contributed by atoms with E-state index in [1.807, 2.05) is 30.3 Å². The minimum atomic E-state index is -0.469. The summed E-state index contributed by atoms with van der Waals surface area (Å²) in [6.45, 7) is 16.8. The summed E-state index contributed by atoms with van der Waals surface area (Å²) in [7, 11) is 0. The molecule has 8 unspecified atom stereocenters. The Balaban J connectivity index is 0.840. The Kier molecular flexibility index (Phi) is 11.4. The van der Waals surface area contributed by atoms with Crippen molar-refractivity contribution in [1.82, 2.24) is 0 Å². The van der Waals surface area contributed by atoms with Crippen LogP contribution in [0.15, 0.2) is 72.3 Å². The molecule has 57 heavy (non-hydrogen) atoms. The Hall–Kier alpha value is -3.64. The predicted octanol–water partition coefficient (Wildman–Crippen LogP) is 12.4. The summed E-state index contributed by atoms with van der Waals surface area (Å²) < 4.78 is 23.4. The number of hydrogen-bond acceptors (Lipinski definition) is 6. The summed E-state index contributed by atoms with van der Waals surface area (Å²) in [5, 5.41) is 1.96. The quantitative estimate of drug-likeness (QED) is 0.0978. The van der Waals surface area contributed by atoms with Crippen molar-refractivity contribution in [2.45, 2.75) is 125 Å². The molecule has 3 saturated carbocycles. The molecule has 0 spiro atoms. The molecule has 3 aromatic carbocycles. The minimum Gasteiger partial charge on any atom is -0.493 e. The standard InChI is InChI=1S/C51H66O6/c1-7-51(30-54-31-51)32-55-40-18-15-38-28-41(19-16-37(38)27-40)56-47(52)35-11-13-36(14-12-35)48(53)57-42-23-25-49(5)39(29-42)17-20-43-45-22-21-44(34(4)10-8-9-33(2)3)50(45,6)26-24-46(43)49/h11-19,27-28,33-34,42-46H,7-10,20-26,29-32H2,1-6H3. The van der Waals surface area contributed by atoms with Gasteiger partial charge in [0.2, 0.25) is 0 Å². The lowest BCUT2D eigenvalue weighted by molar-refractivity contribution is -0.133. The molecule has 0 aromatic heterocycles. The molecule has 1 heterocycles. The summed E-state index contributed by atoms with van der Waals surface area (Å²) >= 11 is 0. The average molecular weight is 775 g/mol. The van der Waals surface area contributed by atoms with Gasteiger partial charge in [-0.05, 0) is 157 Å². The highest BCUT2D eigenvalue weighted by molar-refractivity contribution is 5.95. The van der Waals surface area contributed by atoms with Gasteiger partial charge in [-0.25, -0.2) is 9.59 Å². The Labute approximate surface area is 341 Å². The molecular weight excluding hydrogens is 709 g/mol. The lowest BCUT2D eigenvalue weighted by atomic mass is 9.47. The van der Waals surface area contributed by atoms with Gasteiger partial charge < -0.3 is 18.9 Å². The number of esters is 2. The topological polar surface area (TPSA) is 71.1 Å². The molecule has 8 rings (SSSR count). The van der Waals surface area contributed by atoms with Crippen LogP contribution in [0.1, 0.15) is 139 Å². The first-order valence-corrected chi connectivity index (χ1v) is 22.4. The Morgan fingerprint density at radius 1 is 0.807 bits per heavy atom. The monoisotopic (exact) mass is 774 g/mol. The van der Waals surface area contributed by atoms with Crippen LogP contribution in [0.4, 0.5) is 0 Å². The van der Waals surface area contributed by atoms with Crippen LogP contribution in [0.5, 0.6) is 11.5 Å². The van der Waals surface area contributed by atoms with Crippen LogP contribution >= 0.6 is 0 Å². The van der Waals surface area contributed by atoms with Crippen molar-refractivity contribution in [2.75, 3.05) is 19.8 Å². The molecule has 3 aromatic rings. The van der Waals surface area contributed by atoms with Crippen molar-refractivity contribution in [3.05, 3.63) is 83.4 Å². The Morgan fingerprint density at radius 3 is 2.19 bits per heavy atom. The van der Waals surface area contributed by atoms with Crippen molar-refractivity contribution in [3.8, 4) is 11.5 Å². The van der Waals surface area contributed by atoms with Crippen LogP contribution in [0.3, 0.4) is 0 Å². The first-order chi connectivity index (χ1) is 27.4. The molecule has 6 heteroatoms. The van der Waals surface area contributed by atoms with Crippen molar-refractivity contribution >= 4 is 22.7 Å². The maximum Gasteiger partial charge on any atom is 0.343 e. The van der Waals surface area contributed by atoms with Gasteiger partial charge in [-0.1, -0.05) is 84.6 Å². The molecule has 5 aliphatic rings. The summed E-state index contributed by atoms with van der Waals surface area (Å²) in [6, 6.07) is 18.2. The average Bonchev–Trinajstić information content (AvgIpc) is 3.55. The first kappa shape index (κ1) is 40.2. The molecule has 0 radical (unpaired) electrons. The van der Waals surface area contributed by atoms with Crippen molar-refractivity contribution in [1.29, 1.82) is 0 Å². The third kappa shape index (κ3) is 7.94. The lowest BCUT2D eigenvalue weighted by Crippen LogP contribution is -2.51. The van der Waals surface area contributed by atoms with E-state index in [0.29, 0.717) is 28.9 Å². The zero-order chi connectivity index (χ0) is 40.0. The second-order valence-electron chi connectivity index (χ2n) is 19.8. The van der Waals surface area contributed by atoms with Crippen molar-refractivity contribution in [3.63, 3.8) is 0 Å². The predicted molar refractivity (Wildman–Crippen MR) is 227 cm³/mol. The number of hydrogen-bond donors (Lipinski definition) is 0. The van der Waals surface area contributed by atoms with Gasteiger partial charge in [0.15, 0.2) is 0 Å².